The maximum Gasteiger partial charge on any atom is 0.235 e. The van der Waals surface area contributed by atoms with Crippen LogP contribution in [-0.4, -0.2) is 18.9 Å². The van der Waals surface area contributed by atoms with Gasteiger partial charge in [-0.05, 0) is 45.8 Å². The molecule has 4 nitrogen and oxygen atoms in total. The number of rotatable bonds is 2. The van der Waals surface area contributed by atoms with Crippen LogP contribution in [0.4, 0.5) is 0 Å². The Labute approximate surface area is 328 Å². The van der Waals surface area contributed by atoms with E-state index >= 15 is 0 Å². The molecule has 5 heterocycles. The van der Waals surface area contributed by atoms with Gasteiger partial charge in [-0.15, -0.1) is 11.3 Å². The minimum Gasteiger partial charge on any atom is -0.306 e. The van der Waals surface area contributed by atoms with Crippen LogP contribution >= 0.6 is 11.3 Å². The molecule has 14 rings (SSSR count). The first-order chi connectivity index (χ1) is 28.3. The molecule has 0 unspecified atom stereocenters. The van der Waals surface area contributed by atoms with Crippen LogP contribution in [-0.2, 0) is 0 Å². The van der Waals surface area contributed by atoms with Gasteiger partial charge in [-0.25, -0.2) is 9.97 Å². The van der Waals surface area contributed by atoms with Crippen molar-refractivity contribution in [1.29, 1.82) is 0 Å². The van der Waals surface area contributed by atoms with E-state index in [9.17, 15) is 0 Å². The highest BCUT2D eigenvalue weighted by Crippen LogP contribution is 2.49. The molecule has 0 aliphatic heterocycles. The summed E-state index contributed by atoms with van der Waals surface area (Å²) in [6.45, 7) is 0. The molecule has 0 N–H and O–H groups in total. The van der Waals surface area contributed by atoms with Gasteiger partial charge in [0, 0.05) is 58.7 Å². The van der Waals surface area contributed by atoms with Crippen molar-refractivity contribution in [3.63, 3.8) is 0 Å². The summed E-state index contributed by atoms with van der Waals surface area (Å²) in [6, 6.07) is 61.9. The van der Waals surface area contributed by atoms with E-state index in [4.69, 9.17) is 9.97 Å². The summed E-state index contributed by atoms with van der Waals surface area (Å²) in [5.41, 5.74) is 8.84. The van der Waals surface area contributed by atoms with E-state index < -0.39 is 0 Å². The molecule has 5 heteroatoms. The smallest absolute Gasteiger partial charge is 0.235 e. The van der Waals surface area contributed by atoms with Crippen LogP contribution in [0.2, 0.25) is 0 Å². The summed E-state index contributed by atoms with van der Waals surface area (Å²) in [7, 11) is 0. The monoisotopic (exact) mass is 740 g/mol. The van der Waals surface area contributed by atoms with E-state index in [2.05, 4.69) is 179 Å². The van der Waals surface area contributed by atoms with E-state index in [0.29, 0.717) is 5.95 Å². The lowest BCUT2D eigenvalue weighted by molar-refractivity contribution is 1.02. The predicted octanol–water partition coefficient (Wildman–Crippen LogP) is 14.2. The quantitative estimate of drug-likeness (QED) is 0.165. The molecule has 9 aromatic carbocycles. The van der Waals surface area contributed by atoms with Crippen molar-refractivity contribution in [2.45, 2.75) is 0 Å². The zero-order chi connectivity index (χ0) is 36.9. The van der Waals surface area contributed by atoms with Crippen LogP contribution < -0.4 is 0 Å². The molecule has 0 bridgehead atoms. The number of thiophene rings is 1. The molecular formula is C52H28N4S. The Kier molecular flexibility index (Phi) is 5.62. The highest BCUT2D eigenvalue weighted by Gasteiger charge is 2.26. The third-order valence-corrected chi connectivity index (χ3v) is 13.6. The summed E-state index contributed by atoms with van der Waals surface area (Å²) in [5, 5.41) is 15.8. The number of nitrogens with zero attached hydrogens (tertiary/aromatic N) is 4. The number of fused-ring (bicyclic) bond motifs is 14. The fraction of sp³-hybridized carbons (Fsp3) is 0. The Morgan fingerprint density at radius 3 is 1.98 bits per heavy atom. The normalized spacial score (nSPS) is 12.6. The van der Waals surface area contributed by atoms with Crippen molar-refractivity contribution in [1.82, 2.24) is 18.9 Å². The lowest BCUT2D eigenvalue weighted by atomic mass is 10.0. The average Bonchev–Trinajstić information content (AvgIpc) is 3.92. The Bertz CT molecular complexity index is 4040. The van der Waals surface area contributed by atoms with Gasteiger partial charge in [0.2, 0.25) is 5.95 Å². The van der Waals surface area contributed by atoms with Crippen molar-refractivity contribution in [2.24, 2.45) is 0 Å². The molecule has 0 aliphatic rings. The molecule has 0 spiro atoms. The Morgan fingerprint density at radius 2 is 1.09 bits per heavy atom. The largest absolute Gasteiger partial charge is 0.306 e. The summed E-state index contributed by atoms with van der Waals surface area (Å²) in [5.74, 6) is 0.666. The molecule has 262 valence electrons. The topological polar surface area (TPSA) is 35.1 Å². The van der Waals surface area contributed by atoms with Crippen LogP contribution in [0.3, 0.4) is 0 Å². The van der Waals surface area contributed by atoms with E-state index in [-0.39, 0.29) is 0 Å². The molecular weight excluding hydrogens is 713 g/mol. The van der Waals surface area contributed by atoms with E-state index in [1.165, 1.54) is 85.2 Å². The molecule has 57 heavy (non-hydrogen) atoms. The first-order valence-electron chi connectivity index (χ1n) is 19.4. The van der Waals surface area contributed by atoms with Crippen LogP contribution in [0.15, 0.2) is 170 Å². The second kappa shape index (κ2) is 10.7. The Hall–Kier alpha value is -7.34. The SMILES string of the molecule is c1ccc(-c2nc(-n3c4cccc5c6cccc7c8ccc9c%10ccccc%10sc9c8n(c8cc9ccccc9c3c8c54)c67)nc3ccc4ccccc4c23)cc1. The lowest BCUT2D eigenvalue weighted by Crippen LogP contribution is -2.04. The van der Waals surface area contributed by atoms with Gasteiger partial charge in [0.1, 0.15) is 0 Å². The maximum atomic E-state index is 5.61. The van der Waals surface area contributed by atoms with E-state index in [1.54, 1.807) is 0 Å². The zero-order valence-electron chi connectivity index (χ0n) is 30.4. The molecule has 0 aliphatic carbocycles. The van der Waals surface area contributed by atoms with Crippen LogP contribution in [0.5, 0.6) is 0 Å². The summed E-state index contributed by atoms with van der Waals surface area (Å²) in [6.07, 6.45) is 0. The molecule has 0 atom stereocenters. The molecule has 0 fully saturated rings. The number of hydrogen-bond acceptors (Lipinski definition) is 3. The molecule has 14 aromatic rings. The van der Waals surface area contributed by atoms with Crippen LogP contribution in [0.1, 0.15) is 0 Å². The Balaban J connectivity index is 1.25. The van der Waals surface area contributed by atoms with E-state index in [1.807, 2.05) is 11.3 Å². The predicted molar refractivity (Wildman–Crippen MR) is 242 cm³/mol. The first-order valence-corrected chi connectivity index (χ1v) is 20.2. The minimum absolute atomic E-state index is 0.666. The van der Waals surface area contributed by atoms with Gasteiger partial charge < -0.3 is 4.40 Å². The molecule has 0 saturated carbocycles. The highest BCUT2D eigenvalue weighted by atomic mass is 32.1. The fourth-order valence-electron chi connectivity index (χ4n) is 10.1. The third-order valence-electron chi connectivity index (χ3n) is 12.4. The highest BCUT2D eigenvalue weighted by molar-refractivity contribution is 7.26. The molecule has 0 radical (unpaired) electrons. The zero-order valence-corrected chi connectivity index (χ0v) is 31.2. The van der Waals surface area contributed by atoms with Crippen molar-refractivity contribution in [2.75, 3.05) is 0 Å². The van der Waals surface area contributed by atoms with Crippen molar-refractivity contribution < 1.29 is 0 Å². The number of hydrogen-bond donors (Lipinski definition) is 0. The van der Waals surface area contributed by atoms with Gasteiger partial charge in [-0.1, -0.05) is 146 Å². The van der Waals surface area contributed by atoms with E-state index in [0.717, 1.165) is 38.6 Å². The molecule has 5 aromatic heterocycles. The third kappa shape index (κ3) is 3.77. The Morgan fingerprint density at radius 1 is 0.404 bits per heavy atom. The van der Waals surface area contributed by atoms with Crippen LogP contribution in [0, 0.1) is 0 Å². The van der Waals surface area contributed by atoms with Crippen molar-refractivity contribution in [3.05, 3.63) is 170 Å². The van der Waals surface area contributed by atoms with Gasteiger partial charge in [0.15, 0.2) is 0 Å². The van der Waals surface area contributed by atoms with Gasteiger partial charge in [0.25, 0.3) is 0 Å². The molecule has 0 saturated heterocycles. The first kappa shape index (κ1) is 29.9. The summed E-state index contributed by atoms with van der Waals surface area (Å²) in [4.78, 5) is 11.1. The lowest BCUT2D eigenvalue weighted by Gasteiger charge is -2.14. The summed E-state index contributed by atoms with van der Waals surface area (Å²) >= 11 is 1.90. The minimum atomic E-state index is 0.666. The maximum absolute atomic E-state index is 5.61. The fourth-order valence-corrected chi connectivity index (χ4v) is 11.3. The van der Waals surface area contributed by atoms with Crippen molar-refractivity contribution >= 4 is 124 Å². The second-order valence-electron chi connectivity index (χ2n) is 15.3. The summed E-state index contributed by atoms with van der Waals surface area (Å²) < 4.78 is 7.57. The van der Waals surface area contributed by atoms with Crippen LogP contribution in [0.25, 0.3) is 130 Å². The van der Waals surface area contributed by atoms with Gasteiger partial charge >= 0.3 is 0 Å². The second-order valence-corrected chi connectivity index (χ2v) is 16.3. The molecule has 0 amide bonds. The van der Waals surface area contributed by atoms with Gasteiger partial charge in [-0.2, -0.15) is 0 Å². The van der Waals surface area contributed by atoms with Gasteiger partial charge in [0.05, 0.1) is 43.5 Å². The van der Waals surface area contributed by atoms with Crippen molar-refractivity contribution in [3.8, 4) is 17.2 Å². The number of benzene rings is 9. The number of aromatic nitrogens is 4. The van der Waals surface area contributed by atoms with Gasteiger partial charge in [-0.3, -0.25) is 4.57 Å². The number of para-hydroxylation sites is 1. The standard InChI is InChI=1S/C52H28N4S/c1-2-13-30(14-3-1)47-44-32-16-6-4-12-29(32)24-27-40(44)53-52(54-47)56-41-22-11-19-35-36-20-10-21-37-38-25-26-39-34-18-8-9-23-43(34)57-51(39)50(38)55(48(36)37)42-28-31-15-5-7-17-33(31)49(56)46(42)45(35)41/h1-28H. The average molecular weight is 741 g/mol.